The van der Waals surface area contributed by atoms with Gasteiger partial charge in [0.25, 0.3) is 11.8 Å². The van der Waals surface area contributed by atoms with E-state index in [1.165, 1.54) is 19.2 Å². The predicted molar refractivity (Wildman–Crippen MR) is 102 cm³/mol. The molecule has 2 amide bonds. The van der Waals surface area contributed by atoms with Gasteiger partial charge in [0.05, 0.1) is 12.8 Å². The van der Waals surface area contributed by atoms with Crippen LogP contribution in [0.2, 0.25) is 0 Å². The van der Waals surface area contributed by atoms with Crippen molar-refractivity contribution < 1.29 is 19.5 Å². The number of nitrogens with one attached hydrogen (secondary N) is 2. The molecule has 0 aliphatic heterocycles. The summed E-state index contributed by atoms with van der Waals surface area (Å²) in [5.74, 6) is -0.621. The molecule has 0 aliphatic carbocycles. The van der Waals surface area contributed by atoms with Gasteiger partial charge < -0.3 is 10.1 Å². The molecule has 0 fully saturated rings. The summed E-state index contributed by atoms with van der Waals surface area (Å²) in [7, 11) is 1.47. The molecule has 3 aromatic carbocycles. The maximum absolute atomic E-state index is 12.7. The molecule has 27 heavy (non-hydrogen) atoms. The number of carbonyl (C=O) groups excluding carboxylic acids is 2. The maximum Gasteiger partial charge on any atom is 0.274 e. The summed E-state index contributed by atoms with van der Waals surface area (Å²) in [6.07, 6.45) is 0. The highest BCUT2D eigenvalue weighted by molar-refractivity contribution is 6.06. The van der Waals surface area contributed by atoms with E-state index in [4.69, 9.17) is 9.94 Å². The summed E-state index contributed by atoms with van der Waals surface area (Å²) in [5, 5.41) is 11.5. The first-order valence-corrected chi connectivity index (χ1v) is 8.21. The van der Waals surface area contributed by atoms with Gasteiger partial charge in [-0.25, -0.2) is 5.48 Å². The minimum Gasteiger partial charge on any atom is -0.495 e. The molecular formula is C21H18N2O4. The largest absolute Gasteiger partial charge is 0.495 e. The monoisotopic (exact) mass is 362 g/mol. The van der Waals surface area contributed by atoms with Gasteiger partial charge >= 0.3 is 0 Å². The highest BCUT2D eigenvalue weighted by Crippen LogP contribution is 2.27. The quantitative estimate of drug-likeness (QED) is 0.477. The Morgan fingerprint density at radius 1 is 0.815 bits per heavy atom. The Balaban J connectivity index is 1.88. The van der Waals surface area contributed by atoms with Gasteiger partial charge in [-0.3, -0.25) is 14.8 Å². The molecule has 0 unspecified atom stereocenters. The van der Waals surface area contributed by atoms with Gasteiger partial charge in [0.15, 0.2) is 0 Å². The van der Waals surface area contributed by atoms with E-state index in [0.717, 1.165) is 11.1 Å². The molecule has 0 aromatic heterocycles. The Morgan fingerprint density at radius 3 is 2.22 bits per heavy atom. The highest BCUT2D eigenvalue weighted by atomic mass is 16.5. The second-order valence-corrected chi connectivity index (χ2v) is 5.76. The van der Waals surface area contributed by atoms with Crippen LogP contribution < -0.4 is 15.5 Å². The van der Waals surface area contributed by atoms with Gasteiger partial charge in [0.1, 0.15) is 5.75 Å². The number of hydrogen-bond donors (Lipinski definition) is 3. The first-order valence-electron chi connectivity index (χ1n) is 8.21. The third-order valence-corrected chi connectivity index (χ3v) is 4.04. The van der Waals surface area contributed by atoms with Crippen LogP contribution >= 0.6 is 0 Å². The molecule has 3 rings (SSSR count). The standard InChI is InChI=1S/C21H18N2O4/c1-27-19-11-10-17(21(25)23-26)13-18(19)22-20(24)16-9-5-8-15(12-16)14-6-3-2-4-7-14/h2-13,26H,1H3,(H,22,24)(H,23,25). The normalized spacial score (nSPS) is 10.1. The molecule has 0 bridgehead atoms. The summed E-state index contributed by atoms with van der Waals surface area (Å²) in [6, 6.07) is 21.4. The van der Waals surface area contributed by atoms with E-state index in [9.17, 15) is 9.59 Å². The number of ether oxygens (including phenoxy) is 1. The zero-order valence-corrected chi connectivity index (χ0v) is 14.6. The number of methoxy groups -OCH3 is 1. The van der Waals surface area contributed by atoms with Crippen molar-refractivity contribution in [1.29, 1.82) is 0 Å². The van der Waals surface area contributed by atoms with Gasteiger partial charge in [-0.2, -0.15) is 0 Å². The lowest BCUT2D eigenvalue weighted by Crippen LogP contribution is -2.19. The van der Waals surface area contributed by atoms with E-state index in [-0.39, 0.29) is 11.5 Å². The number of benzene rings is 3. The fraction of sp³-hybridized carbons (Fsp3) is 0.0476. The maximum atomic E-state index is 12.7. The van der Waals surface area contributed by atoms with Crippen LogP contribution in [0.1, 0.15) is 20.7 Å². The third-order valence-electron chi connectivity index (χ3n) is 4.04. The van der Waals surface area contributed by atoms with Gasteiger partial charge in [-0.15, -0.1) is 0 Å². The van der Waals surface area contributed by atoms with Crippen LogP contribution in [0, 0.1) is 0 Å². The van der Waals surface area contributed by atoms with E-state index < -0.39 is 5.91 Å². The van der Waals surface area contributed by atoms with Crippen LogP contribution in [0.5, 0.6) is 5.75 Å². The molecule has 0 radical (unpaired) electrons. The molecule has 3 aromatic rings. The van der Waals surface area contributed by atoms with Crippen LogP contribution in [0.15, 0.2) is 72.8 Å². The smallest absolute Gasteiger partial charge is 0.274 e. The fourth-order valence-corrected chi connectivity index (χ4v) is 2.68. The number of anilines is 1. The van der Waals surface area contributed by atoms with Crippen molar-refractivity contribution in [3.8, 4) is 16.9 Å². The summed E-state index contributed by atoms with van der Waals surface area (Å²) in [6.45, 7) is 0. The van der Waals surface area contributed by atoms with Crippen LogP contribution in [0.3, 0.4) is 0 Å². The Labute approximate surface area is 156 Å². The van der Waals surface area contributed by atoms with Crippen molar-refractivity contribution in [2.24, 2.45) is 0 Å². The molecule has 0 atom stereocenters. The van der Waals surface area contributed by atoms with E-state index in [1.807, 2.05) is 42.5 Å². The fourth-order valence-electron chi connectivity index (χ4n) is 2.68. The highest BCUT2D eigenvalue weighted by Gasteiger charge is 2.14. The molecule has 0 heterocycles. The summed E-state index contributed by atoms with van der Waals surface area (Å²) in [5.41, 5.74) is 4.47. The lowest BCUT2D eigenvalue weighted by Gasteiger charge is -2.12. The lowest BCUT2D eigenvalue weighted by atomic mass is 10.0. The van der Waals surface area contributed by atoms with Gasteiger partial charge in [0, 0.05) is 11.1 Å². The Bertz CT molecular complexity index is 971. The Kier molecular flexibility index (Phi) is 5.49. The van der Waals surface area contributed by atoms with E-state index in [2.05, 4.69) is 5.32 Å². The third kappa shape index (κ3) is 4.13. The number of rotatable bonds is 5. The summed E-state index contributed by atoms with van der Waals surface area (Å²) < 4.78 is 5.23. The second-order valence-electron chi connectivity index (χ2n) is 5.76. The SMILES string of the molecule is COc1ccc(C(=O)NO)cc1NC(=O)c1cccc(-c2ccccc2)c1. The Morgan fingerprint density at radius 2 is 1.52 bits per heavy atom. The Hall–Kier alpha value is -3.64. The number of carbonyl (C=O) groups is 2. The van der Waals surface area contributed by atoms with Crippen molar-refractivity contribution in [3.05, 3.63) is 83.9 Å². The molecule has 0 saturated carbocycles. The topological polar surface area (TPSA) is 87.7 Å². The minimum absolute atomic E-state index is 0.187. The molecule has 0 aliphatic rings. The number of hydrogen-bond acceptors (Lipinski definition) is 4. The molecular weight excluding hydrogens is 344 g/mol. The number of amides is 2. The first-order chi connectivity index (χ1) is 13.1. The molecule has 6 nitrogen and oxygen atoms in total. The molecule has 0 spiro atoms. The average molecular weight is 362 g/mol. The van der Waals surface area contributed by atoms with Crippen LogP contribution in [-0.4, -0.2) is 24.1 Å². The van der Waals surface area contributed by atoms with Gasteiger partial charge in [-0.05, 0) is 41.5 Å². The van der Waals surface area contributed by atoms with Gasteiger partial charge in [0.2, 0.25) is 0 Å². The zero-order valence-electron chi connectivity index (χ0n) is 14.6. The molecule has 136 valence electrons. The van der Waals surface area contributed by atoms with Crippen molar-refractivity contribution >= 4 is 17.5 Å². The first kappa shape index (κ1) is 18.2. The molecule has 3 N–H and O–H groups in total. The van der Waals surface area contributed by atoms with Crippen LogP contribution in [-0.2, 0) is 0 Å². The van der Waals surface area contributed by atoms with Crippen molar-refractivity contribution in [1.82, 2.24) is 5.48 Å². The van der Waals surface area contributed by atoms with Crippen molar-refractivity contribution in [2.75, 3.05) is 12.4 Å². The van der Waals surface area contributed by atoms with Crippen LogP contribution in [0.4, 0.5) is 5.69 Å². The predicted octanol–water partition coefficient (Wildman–Crippen LogP) is 3.73. The van der Waals surface area contributed by atoms with Crippen molar-refractivity contribution in [3.63, 3.8) is 0 Å². The number of hydroxylamine groups is 1. The second kappa shape index (κ2) is 8.16. The molecule has 0 saturated heterocycles. The minimum atomic E-state index is -0.681. The van der Waals surface area contributed by atoms with E-state index in [1.54, 1.807) is 23.7 Å². The average Bonchev–Trinajstić information content (AvgIpc) is 2.73. The van der Waals surface area contributed by atoms with E-state index in [0.29, 0.717) is 17.0 Å². The van der Waals surface area contributed by atoms with Crippen LogP contribution in [0.25, 0.3) is 11.1 Å². The molecule has 6 heteroatoms. The van der Waals surface area contributed by atoms with Gasteiger partial charge in [-0.1, -0.05) is 42.5 Å². The van der Waals surface area contributed by atoms with Crippen molar-refractivity contribution in [2.45, 2.75) is 0 Å². The summed E-state index contributed by atoms with van der Waals surface area (Å²) in [4.78, 5) is 24.3. The van der Waals surface area contributed by atoms with E-state index >= 15 is 0 Å². The lowest BCUT2D eigenvalue weighted by molar-refractivity contribution is 0.0706. The zero-order chi connectivity index (χ0) is 19.2. The summed E-state index contributed by atoms with van der Waals surface area (Å²) >= 11 is 0.